The molecule has 19 heavy (non-hydrogen) atoms. The number of carbonyl (C=O) groups is 1. The predicted molar refractivity (Wildman–Crippen MR) is 69.3 cm³/mol. The maximum absolute atomic E-state index is 12.3. The van der Waals surface area contributed by atoms with E-state index < -0.39 is 10.8 Å². The minimum atomic E-state index is -0.622. The Hall–Kier alpha value is -1.66. The molecule has 1 aliphatic heterocycles. The lowest BCUT2D eigenvalue weighted by molar-refractivity contribution is -0.385. The fourth-order valence-corrected chi connectivity index (χ4v) is 2.45. The normalized spacial score (nSPS) is 18.6. The zero-order valence-corrected chi connectivity index (χ0v) is 10.8. The van der Waals surface area contributed by atoms with E-state index in [4.69, 9.17) is 11.6 Å². The van der Waals surface area contributed by atoms with Crippen LogP contribution in [0.3, 0.4) is 0 Å². The van der Waals surface area contributed by atoms with Crippen molar-refractivity contribution in [3.8, 4) is 0 Å². The van der Waals surface area contributed by atoms with E-state index in [9.17, 15) is 20.0 Å². The molecule has 2 rings (SSSR count). The largest absolute Gasteiger partial charge is 0.394 e. The Morgan fingerprint density at radius 2 is 2.32 bits per heavy atom. The molecule has 0 aromatic heterocycles. The van der Waals surface area contributed by atoms with Crippen LogP contribution in [0.1, 0.15) is 23.2 Å². The Morgan fingerprint density at radius 3 is 2.95 bits per heavy atom. The van der Waals surface area contributed by atoms with Gasteiger partial charge >= 0.3 is 0 Å². The number of halogens is 1. The van der Waals surface area contributed by atoms with Crippen molar-refractivity contribution in [2.45, 2.75) is 18.9 Å². The summed E-state index contributed by atoms with van der Waals surface area (Å²) in [5, 5.41) is 20.4. The number of hydrogen-bond donors (Lipinski definition) is 1. The number of hydrogen-bond acceptors (Lipinski definition) is 4. The topological polar surface area (TPSA) is 83.7 Å². The van der Waals surface area contributed by atoms with Crippen LogP contribution in [0.4, 0.5) is 5.69 Å². The number of nitrogens with zero attached hydrogens (tertiary/aromatic N) is 2. The molecule has 102 valence electrons. The first-order chi connectivity index (χ1) is 9.04. The molecular weight excluding hydrogens is 272 g/mol. The predicted octanol–water partition coefficient (Wildman–Crippen LogP) is 1.85. The SMILES string of the molecule is O=C(c1ccc(Cl)cc1[N+](=O)[O-])N1CCCC1CO. The van der Waals surface area contributed by atoms with Crippen molar-refractivity contribution in [1.82, 2.24) is 4.90 Å². The summed E-state index contributed by atoms with van der Waals surface area (Å²) < 4.78 is 0. The molecule has 0 radical (unpaired) electrons. The van der Waals surface area contributed by atoms with Crippen molar-refractivity contribution in [2.75, 3.05) is 13.2 Å². The summed E-state index contributed by atoms with van der Waals surface area (Å²) in [6.45, 7) is 0.372. The summed E-state index contributed by atoms with van der Waals surface area (Å²) in [6.07, 6.45) is 1.50. The summed E-state index contributed by atoms with van der Waals surface area (Å²) in [5.74, 6) is -0.431. The molecule has 1 N–H and O–H groups in total. The summed E-state index contributed by atoms with van der Waals surface area (Å²) >= 11 is 5.71. The number of nitro benzene ring substituents is 1. The van der Waals surface area contributed by atoms with E-state index in [-0.39, 0.29) is 28.9 Å². The van der Waals surface area contributed by atoms with Crippen molar-refractivity contribution in [1.29, 1.82) is 0 Å². The molecule has 0 saturated carbocycles. The van der Waals surface area contributed by atoms with E-state index in [1.54, 1.807) is 0 Å². The van der Waals surface area contributed by atoms with Gasteiger partial charge in [-0.25, -0.2) is 0 Å². The molecule has 1 aromatic carbocycles. The van der Waals surface area contributed by atoms with Gasteiger partial charge in [-0.05, 0) is 25.0 Å². The van der Waals surface area contributed by atoms with Crippen LogP contribution < -0.4 is 0 Å². The van der Waals surface area contributed by atoms with E-state index in [1.807, 2.05) is 0 Å². The zero-order valence-electron chi connectivity index (χ0n) is 10.1. The van der Waals surface area contributed by atoms with Crippen molar-refractivity contribution in [3.05, 3.63) is 38.9 Å². The first-order valence-electron chi connectivity index (χ1n) is 5.90. The third kappa shape index (κ3) is 2.69. The summed E-state index contributed by atoms with van der Waals surface area (Å²) in [4.78, 5) is 24.2. The van der Waals surface area contributed by atoms with Crippen LogP contribution in [0, 0.1) is 10.1 Å². The number of nitro groups is 1. The van der Waals surface area contributed by atoms with Gasteiger partial charge in [0.15, 0.2) is 0 Å². The van der Waals surface area contributed by atoms with E-state index in [1.165, 1.54) is 23.1 Å². The molecule has 1 aliphatic rings. The highest BCUT2D eigenvalue weighted by molar-refractivity contribution is 6.31. The average molecular weight is 285 g/mol. The monoisotopic (exact) mass is 284 g/mol. The van der Waals surface area contributed by atoms with Gasteiger partial charge < -0.3 is 10.0 Å². The lowest BCUT2D eigenvalue weighted by Crippen LogP contribution is -2.37. The molecule has 0 spiro atoms. The fraction of sp³-hybridized carbons (Fsp3) is 0.417. The van der Waals surface area contributed by atoms with Gasteiger partial charge in [0, 0.05) is 17.6 Å². The van der Waals surface area contributed by atoms with Crippen LogP contribution in [-0.2, 0) is 0 Å². The Labute approximate surface area is 114 Å². The maximum atomic E-state index is 12.3. The van der Waals surface area contributed by atoms with E-state index >= 15 is 0 Å². The molecule has 0 bridgehead atoms. The highest BCUT2D eigenvalue weighted by atomic mass is 35.5. The van der Waals surface area contributed by atoms with Gasteiger partial charge in [0.2, 0.25) is 0 Å². The number of carbonyl (C=O) groups excluding carboxylic acids is 1. The van der Waals surface area contributed by atoms with E-state index in [0.29, 0.717) is 13.0 Å². The lowest BCUT2D eigenvalue weighted by atomic mass is 10.1. The van der Waals surface area contributed by atoms with Crippen LogP contribution in [0.5, 0.6) is 0 Å². The number of rotatable bonds is 3. The van der Waals surface area contributed by atoms with Crippen molar-refractivity contribution in [3.63, 3.8) is 0 Å². The average Bonchev–Trinajstić information content (AvgIpc) is 2.86. The van der Waals surface area contributed by atoms with Gasteiger partial charge in [-0.3, -0.25) is 14.9 Å². The fourth-order valence-electron chi connectivity index (χ4n) is 2.28. The Balaban J connectivity index is 2.36. The highest BCUT2D eigenvalue weighted by Gasteiger charge is 2.32. The minimum Gasteiger partial charge on any atom is -0.394 e. The van der Waals surface area contributed by atoms with Crippen LogP contribution in [0.15, 0.2) is 18.2 Å². The van der Waals surface area contributed by atoms with Gasteiger partial charge in [-0.15, -0.1) is 0 Å². The molecule has 7 heteroatoms. The number of benzene rings is 1. The third-order valence-electron chi connectivity index (χ3n) is 3.24. The molecule has 6 nitrogen and oxygen atoms in total. The molecule has 1 saturated heterocycles. The van der Waals surface area contributed by atoms with Crippen LogP contribution in [0.2, 0.25) is 5.02 Å². The molecule has 0 aliphatic carbocycles. The Morgan fingerprint density at radius 1 is 1.58 bits per heavy atom. The first kappa shape index (κ1) is 13.8. The molecular formula is C12H13ClN2O4. The van der Waals surface area contributed by atoms with Crippen molar-refractivity contribution >= 4 is 23.2 Å². The Bertz CT molecular complexity index is 520. The second kappa shape index (κ2) is 5.54. The van der Waals surface area contributed by atoms with Gasteiger partial charge in [-0.1, -0.05) is 11.6 Å². The number of aliphatic hydroxyl groups excluding tert-OH is 1. The zero-order chi connectivity index (χ0) is 14.0. The summed E-state index contributed by atoms with van der Waals surface area (Å²) in [7, 11) is 0. The summed E-state index contributed by atoms with van der Waals surface area (Å²) in [5.41, 5.74) is -0.296. The van der Waals surface area contributed by atoms with Crippen molar-refractivity contribution in [2.24, 2.45) is 0 Å². The molecule has 1 unspecified atom stereocenters. The molecule has 1 amide bonds. The van der Waals surface area contributed by atoms with Gasteiger partial charge in [-0.2, -0.15) is 0 Å². The van der Waals surface area contributed by atoms with Gasteiger partial charge in [0.05, 0.1) is 17.6 Å². The highest BCUT2D eigenvalue weighted by Crippen LogP contribution is 2.27. The second-order valence-corrected chi connectivity index (χ2v) is 4.83. The lowest BCUT2D eigenvalue weighted by Gasteiger charge is -2.22. The van der Waals surface area contributed by atoms with E-state index in [2.05, 4.69) is 0 Å². The van der Waals surface area contributed by atoms with Crippen LogP contribution in [0.25, 0.3) is 0 Å². The van der Waals surface area contributed by atoms with Gasteiger partial charge in [0.25, 0.3) is 11.6 Å². The molecule has 1 heterocycles. The summed E-state index contributed by atoms with van der Waals surface area (Å²) in [6, 6.07) is 3.71. The Kier molecular flexibility index (Phi) is 4.01. The number of likely N-dealkylation sites (tertiary alicyclic amines) is 1. The second-order valence-electron chi connectivity index (χ2n) is 4.40. The molecule has 1 atom stereocenters. The third-order valence-corrected chi connectivity index (χ3v) is 3.47. The first-order valence-corrected chi connectivity index (χ1v) is 6.28. The molecule has 1 fully saturated rings. The van der Waals surface area contributed by atoms with Gasteiger partial charge in [0.1, 0.15) is 5.56 Å². The van der Waals surface area contributed by atoms with E-state index in [0.717, 1.165) is 6.42 Å². The number of aliphatic hydroxyl groups is 1. The van der Waals surface area contributed by atoms with Crippen molar-refractivity contribution < 1.29 is 14.8 Å². The maximum Gasteiger partial charge on any atom is 0.283 e. The number of amides is 1. The quantitative estimate of drug-likeness (QED) is 0.678. The van der Waals surface area contributed by atoms with Crippen LogP contribution >= 0.6 is 11.6 Å². The minimum absolute atomic E-state index is 0.00903. The van der Waals surface area contributed by atoms with Crippen LogP contribution in [-0.4, -0.2) is 40.0 Å². The smallest absolute Gasteiger partial charge is 0.283 e. The standard InChI is InChI=1S/C12H13ClN2O4/c13-8-3-4-10(11(6-8)15(18)19)12(17)14-5-1-2-9(14)7-16/h3-4,6,9,16H,1-2,5,7H2. The molecule has 1 aromatic rings.